The number of anilines is 1. The minimum atomic E-state index is -5.05. The number of nitro groups is 1. The molecule has 0 saturated carbocycles. The molecule has 7 nitrogen and oxygen atoms in total. The molecule has 0 aliphatic carbocycles. The Balaban J connectivity index is 1.78. The number of nitrogens with zero attached hydrogens (tertiary/aromatic N) is 3. The van der Waals surface area contributed by atoms with Gasteiger partial charge < -0.3 is 4.74 Å². The summed E-state index contributed by atoms with van der Waals surface area (Å²) in [5.41, 5.74) is 3.24. The molecule has 1 aromatic heterocycles. The molecule has 0 atom stereocenters. The molecule has 3 rings (SSSR count). The first-order valence-corrected chi connectivity index (χ1v) is 8.54. The summed E-state index contributed by atoms with van der Waals surface area (Å²) in [7, 11) is 0. The second kappa shape index (κ2) is 8.05. The number of alkyl halides is 3. The third-order valence-corrected chi connectivity index (χ3v) is 4.12. The summed E-state index contributed by atoms with van der Waals surface area (Å²) in [6, 6.07) is 12.7. The summed E-state index contributed by atoms with van der Waals surface area (Å²) in [6.45, 7) is 0. The van der Waals surface area contributed by atoms with Gasteiger partial charge in [-0.1, -0.05) is 36.4 Å². The van der Waals surface area contributed by atoms with Crippen molar-refractivity contribution in [3.8, 4) is 17.0 Å². The van der Waals surface area contributed by atoms with Crippen molar-refractivity contribution in [2.75, 3.05) is 5.43 Å². The molecule has 0 spiro atoms. The van der Waals surface area contributed by atoms with Gasteiger partial charge in [0.1, 0.15) is 0 Å². The van der Waals surface area contributed by atoms with Crippen molar-refractivity contribution in [3.63, 3.8) is 0 Å². The Morgan fingerprint density at radius 1 is 1.18 bits per heavy atom. The summed E-state index contributed by atoms with van der Waals surface area (Å²) in [5.74, 6) is -0.915. The standard InChI is InChI=1S/C17H11F3N4O3S/c18-17(19,20)27-14-8-4-7-12(15(14)24(25)26)9-21-23-16-22-13(10-28-16)11-5-2-1-3-6-11/h1-10H,(H,22,23). The number of hydrazone groups is 1. The van der Waals surface area contributed by atoms with Crippen molar-refractivity contribution < 1.29 is 22.8 Å². The fourth-order valence-electron chi connectivity index (χ4n) is 2.27. The fraction of sp³-hybridized carbons (Fsp3) is 0.0588. The van der Waals surface area contributed by atoms with Gasteiger partial charge in [0.05, 0.1) is 22.4 Å². The molecule has 0 radical (unpaired) electrons. The van der Waals surface area contributed by atoms with Crippen LogP contribution >= 0.6 is 11.3 Å². The van der Waals surface area contributed by atoms with Crippen LogP contribution in [0.1, 0.15) is 5.56 Å². The number of hydrogen-bond donors (Lipinski definition) is 1. The first-order chi connectivity index (χ1) is 13.3. The van der Waals surface area contributed by atoms with E-state index in [0.29, 0.717) is 5.13 Å². The number of rotatable bonds is 6. The summed E-state index contributed by atoms with van der Waals surface area (Å²) >= 11 is 1.26. The van der Waals surface area contributed by atoms with E-state index in [9.17, 15) is 23.3 Å². The quantitative estimate of drug-likeness (QED) is 0.350. The third-order valence-electron chi connectivity index (χ3n) is 3.38. The molecule has 0 bridgehead atoms. The normalized spacial score (nSPS) is 11.5. The fourth-order valence-corrected chi connectivity index (χ4v) is 2.94. The molecule has 1 heterocycles. The predicted molar refractivity (Wildman–Crippen MR) is 98.5 cm³/mol. The number of hydrogen-bond acceptors (Lipinski definition) is 7. The van der Waals surface area contributed by atoms with E-state index in [1.54, 1.807) is 5.38 Å². The highest BCUT2D eigenvalue weighted by Crippen LogP contribution is 2.34. The molecular formula is C17H11F3N4O3S. The second-order valence-electron chi connectivity index (χ2n) is 5.27. The second-order valence-corrected chi connectivity index (χ2v) is 6.13. The van der Waals surface area contributed by atoms with Gasteiger partial charge in [-0.15, -0.1) is 24.5 Å². The molecule has 144 valence electrons. The van der Waals surface area contributed by atoms with E-state index in [1.165, 1.54) is 23.5 Å². The Hall–Kier alpha value is -3.47. The van der Waals surface area contributed by atoms with E-state index >= 15 is 0 Å². The number of thiazole rings is 1. The first-order valence-electron chi connectivity index (χ1n) is 7.66. The molecule has 0 unspecified atom stereocenters. The minimum absolute atomic E-state index is 0.154. The van der Waals surface area contributed by atoms with Crippen LogP contribution < -0.4 is 10.2 Å². The van der Waals surface area contributed by atoms with Gasteiger partial charge in [0.25, 0.3) is 0 Å². The monoisotopic (exact) mass is 408 g/mol. The number of nitro benzene ring substituents is 1. The van der Waals surface area contributed by atoms with E-state index in [0.717, 1.165) is 23.5 Å². The molecule has 0 amide bonds. The van der Waals surface area contributed by atoms with Gasteiger partial charge in [0.2, 0.25) is 10.9 Å². The van der Waals surface area contributed by atoms with Crippen molar-refractivity contribution in [3.05, 3.63) is 69.6 Å². The van der Waals surface area contributed by atoms with Crippen molar-refractivity contribution >= 4 is 28.4 Å². The van der Waals surface area contributed by atoms with Gasteiger partial charge in [-0.25, -0.2) is 4.98 Å². The summed E-state index contributed by atoms with van der Waals surface area (Å²) in [6.07, 6.45) is -4.02. The molecular weight excluding hydrogens is 397 g/mol. The Labute approximate surface area is 160 Å². The van der Waals surface area contributed by atoms with E-state index in [1.807, 2.05) is 30.3 Å². The third kappa shape index (κ3) is 4.82. The highest BCUT2D eigenvalue weighted by atomic mass is 32.1. The maximum atomic E-state index is 12.4. The van der Waals surface area contributed by atoms with Crippen molar-refractivity contribution in [2.45, 2.75) is 6.36 Å². The highest BCUT2D eigenvalue weighted by Gasteiger charge is 2.35. The zero-order valence-electron chi connectivity index (χ0n) is 13.9. The first kappa shape index (κ1) is 19.3. The van der Waals surface area contributed by atoms with E-state index in [4.69, 9.17) is 0 Å². The van der Waals surface area contributed by atoms with Crippen molar-refractivity contribution in [1.82, 2.24) is 4.98 Å². The van der Waals surface area contributed by atoms with Crippen LogP contribution in [0.4, 0.5) is 24.0 Å². The lowest BCUT2D eigenvalue weighted by molar-refractivity contribution is -0.388. The van der Waals surface area contributed by atoms with Crippen molar-refractivity contribution in [1.29, 1.82) is 0 Å². The van der Waals surface area contributed by atoms with Crippen LogP contribution in [-0.4, -0.2) is 22.5 Å². The molecule has 0 aliphatic heterocycles. The van der Waals surface area contributed by atoms with Gasteiger partial charge in [-0.2, -0.15) is 5.10 Å². The van der Waals surface area contributed by atoms with Crippen LogP contribution in [0.2, 0.25) is 0 Å². The SMILES string of the molecule is O=[N+]([O-])c1c(C=NNc2nc(-c3ccccc3)cs2)cccc1OC(F)(F)F. The van der Waals surface area contributed by atoms with Crippen LogP contribution in [0.5, 0.6) is 5.75 Å². The number of aromatic nitrogens is 1. The number of nitrogens with one attached hydrogen (secondary N) is 1. The molecule has 28 heavy (non-hydrogen) atoms. The molecule has 0 fully saturated rings. The number of benzene rings is 2. The van der Waals surface area contributed by atoms with Gasteiger partial charge in [-0.05, 0) is 12.1 Å². The summed E-state index contributed by atoms with van der Waals surface area (Å²) < 4.78 is 41.0. The lowest BCUT2D eigenvalue weighted by Crippen LogP contribution is -2.18. The number of ether oxygens (including phenoxy) is 1. The van der Waals surface area contributed by atoms with Gasteiger partial charge in [0, 0.05) is 10.9 Å². The Morgan fingerprint density at radius 2 is 1.93 bits per heavy atom. The molecule has 1 N–H and O–H groups in total. The Bertz CT molecular complexity index is 1010. The molecule has 2 aromatic carbocycles. The van der Waals surface area contributed by atoms with Crippen molar-refractivity contribution in [2.24, 2.45) is 5.10 Å². The maximum absolute atomic E-state index is 12.4. The average molecular weight is 408 g/mol. The number of para-hydroxylation sites is 1. The minimum Gasteiger partial charge on any atom is -0.398 e. The van der Waals surface area contributed by atoms with E-state index < -0.39 is 22.7 Å². The molecule has 3 aromatic rings. The van der Waals surface area contributed by atoms with Gasteiger partial charge >= 0.3 is 12.0 Å². The molecule has 0 saturated heterocycles. The zero-order chi connectivity index (χ0) is 20.1. The summed E-state index contributed by atoms with van der Waals surface area (Å²) in [5, 5.41) is 17.2. The predicted octanol–water partition coefficient (Wildman–Crippen LogP) is 5.06. The van der Waals surface area contributed by atoms with Gasteiger partial charge in [0.15, 0.2) is 0 Å². The van der Waals surface area contributed by atoms with E-state index in [2.05, 4.69) is 20.2 Å². The molecule has 0 aliphatic rings. The largest absolute Gasteiger partial charge is 0.573 e. The smallest absolute Gasteiger partial charge is 0.398 e. The number of halogens is 3. The zero-order valence-corrected chi connectivity index (χ0v) is 14.7. The lowest BCUT2D eigenvalue weighted by atomic mass is 10.2. The Morgan fingerprint density at radius 3 is 2.61 bits per heavy atom. The van der Waals surface area contributed by atoms with E-state index in [-0.39, 0.29) is 5.56 Å². The lowest BCUT2D eigenvalue weighted by Gasteiger charge is -2.09. The average Bonchev–Trinajstić information content (AvgIpc) is 3.10. The molecule has 11 heteroatoms. The van der Waals surface area contributed by atoms with Crippen LogP contribution in [0.15, 0.2) is 59.0 Å². The topological polar surface area (TPSA) is 89.7 Å². The maximum Gasteiger partial charge on any atom is 0.573 e. The van der Waals surface area contributed by atoms with Crippen LogP contribution in [0.3, 0.4) is 0 Å². The van der Waals surface area contributed by atoms with Gasteiger partial charge in [-0.3, -0.25) is 15.5 Å². The Kier molecular flexibility index (Phi) is 5.54. The van der Waals surface area contributed by atoms with Crippen LogP contribution in [0.25, 0.3) is 11.3 Å². The highest BCUT2D eigenvalue weighted by molar-refractivity contribution is 7.14. The van der Waals surface area contributed by atoms with Crippen LogP contribution in [-0.2, 0) is 0 Å². The van der Waals surface area contributed by atoms with Crippen LogP contribution in [0, 0.1) is 10.1 Å². The summed E-state index contributed by atoms with van der Waals surface area (Å²) in [4.78, 5) is 14.6.